The molecule has 0 aliphatic carbocycles. The molecule has 4 heterocycles. The van der Waals surface area contributed by atoms with E-state index in [1.165, 1.54) is 17.7 Å². The second-order valence-electron chi connectivity index (χ2n) is 12.3. The molecule has 0 amide bonds. The Morgan fingerprint density at radius 1 is 0.898 bits per heavy atom. The van der Waals surface area contributed by atoms with E-state index in [1.54, 1.807) is 28.8 Å². The predicted molar refractivity (Wildman–Crippen MR) is 195 cm³/mol. The number of hydrogen-bond donors (Lipinski definition) is 3. The molecule has 6 rings (SSSR count). The van der Waals surface area contributed by atoms with Crippen LogP contribution in [0.25, 0.3) is 0 Å². The second kappa shape index (κ2) is 15.9. The third-order valence-electron chi connectivity index (χ3n) is 8.77. The van der Waals surface area contributed by atoms with Crippen LogP contribution in [0, 0.1) is 11.3 Å². The lowest BCUT2D eigenvalue weighted by Crippen LogP contribution is -2.48. The van der Waals surface area contributed by atoms with Gasteiger partial charge < -0.3 is 21.3 Å². The minimum atomic E-state index is -0.532. The monoisotopic (exact) mass is 751 g/mol. The average molecular weight is 753 g/mol. The standard InChI is InChI=1S/C18H20ClN5O2.C16H19BrN4O2/c1-22-17(25)15(19)16(23-8-4-7-14(21)11-23)24(18(22)26)10-13-6-3-2-5-12(13)9-20;17-13-6-2-1-4-11(13)9-21-15(8-14(22)19-16(21)23)20-7-3-5-12(18)10-20/h2-3,5-6,14H,4,7-8,10-11,21H2,1H3;1-2,4,6,8,12H,3,5,7,9-10,18H2,(H,19,22,23). The summed E-state index contributed by atoms with van der Waals surface area (Å²) in [5.74, 6) is 1.01. The van der Waals surface area contributed by atoms with Gasteiger partial charge in [0.25, 0.3) is 11.1 Å². The van der Waals surface area contributed by atoms with E-state index in [2.05, 4.69) is 27.0 Å². The molecule has 0 radical (unpaired) electrons. The van der Waals surface area contributed by atoms with Crippen LogP contribution in [0.4, 0.5) is 11.6 Å². The summed E-state index contributed by atoms with van der Waals surface area (Å²) in [6.07, 6.45) is 3.67. The normalized spacial score (nSPS) is 17.6. The topological polar surface area (TPSA) is 181 Å². The number of nitriles is 1. The number of nitrogens with one attached hydrogen (secondary N) is 1. The summed E-state index contributed by atoms with van der Waals surface area (Å²) in [6.45, 7) is 3.17. The van der Waals surface area contributed by atoms with Gasteiger partial charge in [0.1, 0.15) is 16.7 Å². The summed E-state index contributed by atoms with van der Waals surface area (Å²) < 4.78 is 4.97. The number of aromatic nitrogens is 4. The van der Waals surface area contributed by atoms with Crippen molar-refractivity contribution in [3.05, 3.63) is 122 Å². The van der Waals surface area contributed by atoms with Crippen LogP contribution < -0.4 is 43.8 Å². The molecule has 2 aromatic carbocycles. The van der Waals surface area contributed by atoms with E-state index in [1.807, 2.05) is 34.1 Å². The highest BCUT2D eigenvalue weighted by atomic mass is 79.9. The van der Waals surface area contributed by atoms with Crippen LogP contribution in [0.3, 0.4) is 0 Å². The van der Waals surface area contributed by atoms with Crippen molar-refractivity contribution in [3.63, 3.8) is 0 Å². The molecular formula is C34H39BrClN9O4. The number of nitrogens with two attached hydrogens (primary N) is 2. The van der Waals surface area contributed by atoms with Gasteiger partial charge in [-0.25, -0.2) is 9.59 Å². The maximum atomic E-state index is 12.8. The Balaban J connectivity index is 0.000000192. The Hall–Kier alpha value is -4.42. The number of aromatic amines is 1. The Kier molecular flexibility index (Phi) is 11.6. The van der Waals surface area contributed by atoms with Crippen LogP contribution >= 0.6 is 27.5 Å². The third-order valence-corrected chi connectivity index (χ3v) is 9.87. The molecule has 2 unspecified atom stereocenters. The van der Waals surface area contributed by atoms with Crippen molar-refractivity contribution < 1.29 is 0 Å². The molecule has 15 heteroatoms. The smallest absolute Gasteiger partial charge is 0.332 e. The lowest BCUT2D eigenvalue weighted by molar-refractivity contribution is 0.491. The molecule has 2 fully saturated rings. The van der Waals surface area contributed by atoms with Crippen molar-refractivity contribution >= 4 is 39.2 Å². The highest BCUT2D eigenvalue weighted by Gasteiger charge is 2.26. The first-order chi connectivity index (χ1) is 23.5. The van der Waals surface area contributed by atoms with Gasteiger partial charge in [0.15, 0.2) is 0 Å². The average Bonchev–Trinajstić information content (AvgIpc) is 3.08. The SMILES string of the molecule is Cn1c(=O)c(Cl)c(N2CCCC(N)C2)n(Cc2ccccc2C#N)c1=O.NC1CCCN(c2cc(=O)[nH]c(=O)n2Cc2ccccc2Br)C1. The zero-order valence-electron chi connectivity index (χ0n) is 27.1. The number of halogens is 2. The van der Waals surface area contributed by atoms with Crippen molar-refractivity contribution in [3.8, 4) is 6.07 Å². The fourth-order valence-corrected chi connectivity index (χ4v) is 7.01. The zero-order valence-corrected chi connectivity index (χ0v) is 29.5. The van der Waals surface area contributed by atoms with Crippen molar-refractivity contribution in [2.45, 2.75) is 50.9 Å². The van der Waals surface area contributed by atoms with Crippen LogP contribution in [0.15, 0.2) is 78.2 Å². The largest absolute Gasteiger partial charge is 0.356 e. The van der Waals surface area contributed by atoms with Crippen molar-refractivity contribution in [2.75, 3.05) is 36.0 Å². The van der Waals surface area contributed by atoms with Gasteiger partial charge in [0, 0.05) is 55.8 Å². The van der Waals surface area contributed by atoms with Crippen LogP contribution in [0.2, 0.25) is 5.02 Å². The van der Waals surface area contributed by atoms with E-state index < -0.39 is 16.9 Å². The van der Waals surface area contributed by atoms with Gasteiger partial charge in [-0.15, -0.1) is 0 Å². The van der Waals surface area contributed by atoms with Crippen LogP contribution in [0.5, 0.6) is 0 Å². The van der Waals surface area contributed by atoms with Crippen LogP contribution in [-0.2, 0) is 20.1 Å². The summed E-state index contributed by atoms with van der Waals surface area (Å²) in [5.41, 5.74) is 12.5. The highest BCUT2D eigenvalue weighted by Crippen LogP contribution is 2.26. The van der Waals surface area contributed by atoms with E-state index in [4.69, 9.17) is 23.1 Å². The summed E-state index contributed by atoms with van der Waals surface area (Å²) in [6, 6.07) is 18.4. The van der Waals surface area contributed by atoms with Gasteiger partial charge in [-0.1, -0.05) is 63.9 Å². The molecule has 2 aliphatic rings. The third kappa shape index (κ3) is 8.25. The first-order valence-electron chi connectivity index (χ1n) is 16.0. The Morgan fingerprint density at radius 3 is 2.14 bits per heavy atom. The molecule has 2 aromatic heterocycles. The van der Waals surface area contributed by atoms with Crippen molar-refractivity contribution in [1.29, 1.82) is 5.26 Å². The van der Waals surface area contributed by atoms with E-state index in [0.29, 0.717) is 48.9 Å². The minimum absolute atomic E-state index is 0.00404. The predicted octanol–water partition coefficient (Wildman–Crippen LogP) is 2.32. The number of H-pyrrole nitrogens is 1. The number of hydrogen-bond acceptors (Lipinski definition) is 9. The summed E-state index contributed by atoms with van der Waals surface area (Å²) >= 11 is 9.86. The molecule has 2 atom stereocenters. The molecule has 13 nitrogen and oxygen atoms in total. The van der Waals surface area contributed by atoms with E-state index >= 15 is 0 Å². The van der Waals surface area contributed by atoms with Gasteiger partial charge in [0.2, 0.25) is 0 Å². The Bertz CT molecular complexity index is 2100. The molecule has 4 aromatic rings. The molecule has 0 bridgehead atoms. The molecule has 2 aliphatic heterocycles. The fourth-order valence-electron chi connectivity index (χ4n) is 6.25. The molecule has 0 spiro atoms. The Labute approximate surface area is 296 Å². The van der Waals surface area contributed by atoms with E-state index in [0.717, 1.165) is 46.8 Å². The molecule has 49 heavy (non-hydrogen) atoms. The van der Waals surface area contributed by atoms with Gasteiger partial charge in [-0.05, 0) is 48.9 Å². The maximum absolute atomic E-state index is 12.8. The Morgan fingerprint density at radius 2 is 1.49 bits per heavy atom. The molecule has 0 saturated carbocycles. The quantitative estimate of drug-likeness (QED) is 0.266. The lowest BCUT2D eigenvalue weighted by Gasteiger charge is -2.34. The van der Waals surface area contributed by atoms with Gasteiger partial charge in [-0.3, -0.25) is 28.3 Å². The number of anilines is 2. The number of rotatable bonds is 6. The molecule has 2 saturated heterocycles. The fraction of sp³-hybridized carbons (Fsp3) is 0.382. The lowest BCUT2D eigenvalue weighted by atomic mass is 10.1. The summed E-state index contributed by atoms with van der Waals surface area (Å²) in [5, 5.41) is 9.32. The minimum Gasteiger partial charge on any atom is -0.356 e. The van der Waals surface area contributed by atoms with Crippen molar-refractivity contribution in [1.82, 2.24) is 18.7 Å². The number of nitrogens with zero attached hydrogens (tertiary/aromatic N) is 6. The first kappa shape index (κ1) is 35.9. The van der Waals surface area contributed by atoms with Gasteiger partial charge >= 0.3 is 11.4 Å². The number of piperidine rings is 2. The van der Waals surface area contributed by atoms with Gasteiger partial charge in [-0.2, -0.15) is 5.26 Å². The van der Waals surface area contributed by atoms with Crippen LogP contribution in [-0.4, -0.2) is 56.9 Å². The molecular weight excluding hydrogens is 714 g/mol. The zero-order chi connectivity index (χ0) is 35.2. The van der Waals surface area contributed by atoms with E-state index in [-0.39, 0.29) is 29.2 Å². The maximum Gasteiger partial charge on any atom is 0.332 e. The van der Waals surface area contributed by atoms with Gasteiger partial charge in [0.05, 0.1) is 24.7 Å². The summed E-state index contributed by atoms with van der Waals surface area (Å²) in [7, 11) is 1.40. The molecule has 258 valence electrons. The second-order valence-corrected chi connectivity index (χ2v) is 13.5. The first-order valence-corrected chi connectivity index (χ1v) is 17.2. The van der Waals surface area contributed by atoms with Crippen molar-refractivity contribution in [2.24, 2.45) is 18.5 Å². The summed E-state index contributed by atoms with van der Waals surface area (Å²) in [4.78, 5) is 55.6. The number of benzene rings is 2. The van der Waals surface area contributed by atoms with E-state index in [9.17, 15) is 24.4 Å². The van der Waals surface area contributed by atoms with Crippen LogP contribution in [0.1, 0.15) is 42.4 Å². The molecule has 5 N–H and O–H groups in total. The highest BCUT2D eigenvalue weighted by molar-refractivity contribution is 9.10.